The van der Waals surface area contributed by atoms with Crippen molar-refractivity contribution in [2.24, 2.45) is 0 Å². The lowest BCUT2D eigenvalue weighted by Crippen LogP contribution is -2.50. The van der Waals surface area contributed by atoms with Gasteiger partial charge in [-0.05, 0) is 17.9 Å². The standard InChI is InChI=1S/C15H18N4O3S/c1-11-16-17-14(22-11)15(21)19-8-6-18(7-9-19)13(20)5-4-12-3-2-10-23-12/h2-3,10H,4-9H2,1H3. The molecule has 0 saturated carbocycles. The highest BCUT2D eigenvalue weighted by Gasteiger charge is 2.27. The van der Waals surface area contributed by atoms with Gasteiger partial charge < -0.3 is 14.2 Å². The van der Waals surface area contributed by atoms with Crippen LogP contribution in [0, 0.1) is 6.92 Å². The number of amides is 2. The van der Waals surface area contributed by atoms with Gasteiger partial charge in [-0.2, -0.15) is 0 Å². The largest absolute Gasteiger partial charge is 0.417 e. The number of rotatable bonds is 4. The zero-order chi connectivity index (χ0) is 16.2. The van der Waals surface area contributed by atoms with E-state index in [0.717, 1.165) is 6.42 Å². The van der Waals surface area contributed by atoms with Crippen LogP contribution in [-0.4, -0.2) is 58.0 Å². The van der Waals surface area contributed by atoms with Crippen molar-refractivity contribution in [3.8, 4) is 0 Å². The van der Waals surface area contributed by atoms with Crippen LogP contribution in [0.2, 0.25) is 0 Å². The normalized spacial score (nSPS) is 15.0. The van der Waals surface area contributed by atoms with Gasteiger partial charge in [0.25, 0.3) is 0 Å². The maximum atomic E-state index is 12.2. The number of hydrogen-bond acceptors (Lipinski definition) is 6. The molecule has 0 aliphatic carbocycles. The quantitative estimate of drug-likeness (QED) is 0.843. The second-order valence-corrected chi connectivity index (χ2v) is 6.41. The predicted octanol–water partition coefficient (Wildman–Crippen LogP) is 1.36. The summed E-state index contributed by atoms with van der Waals surface area (Å²) >= 11 is 1.67. The summed E-state index contributed by atoms with van der Waals surface area (Å²) in [5.41, 5.74) is 0. The van der Waals surface area contributed by atoms with Gasteiger partial charge in [0.1, 0.15) is 0 Å². The van der Waals surface area contributed by atoms with E-state index in [0.29, 0.717) is 38.5 Å². The van der Waals surface area contributed by atoms with Gasteiger partial charge in [-0.1, -0.05) is 6.07 Å². The Balaban J connectivity index is 1.48. The highest BCUT2D eigenvalue weighted by molar-refractivity contribution is 7.09. The van der Waals surface area contributed by atoms with Crippen LogP contribution < -0.4 is 0 Å². The molecule has 8 heteroatoms. The van der Waals surface area contributed by atoms with Crippen LogP contribution >= 0.6 is 11.3 Å². The monoisotopic (exact) mass is 334 g/mol. The van der Waals surface area contributed by atoms with Crippen molar-refractivity contribution >= 4 is 23.2 Å². The van der Waals surface area contributed by atoms with E-state index in [1.807, 2.05) is 22.4 Å². The van der Waals surface area contributed by atoms with Gasteiger partial charge in [0.15, 0.2) is 0 Å². The highest BCUT2D eigenvalue weighted by Crippen LogP contribution is 2.13. The second kappa shape index (κ2) is 6.91. The van der Waals surface area contributed by atoms with Gasteiger partial charge >= 0.3 is 11.8 Å². The van der Waals surface area contributed by atoms with Crippen molar-refractivity contribution < 1.29 is 14.0 Å². The summed E-state index contributed by atoms with van der Waals surface area (Å²) in [6.07, 6.45) is 1.29. The average Bonchev–Trinajstić information content (AvgIpc) is 3.23. The Morgan fingerprint density at radius 1 is 1.22 bits per heavy atom. The van der Waals surface area contributed by atoms with Gasteiger partial charge in [0, 0.05) is 44.4 Å². The molecule has 0 radical (unpaired) electrons. The first-order valence-corrected chi connectivity index (χ1v) is 8.41. The van der Waals surface area contributed by atoms with E-state index < -0.39 is 0 Å². The fourth-order valence-corrected chi connectivity index (χ4v) is 3.23. The molecule has 0 bridgehead atoms. The zero-order valence-electron chi connectivity index (χ0n) is 12.9. The SMILES string of the molecule is Cc1nnc(C(=O)N2CCN(C(=O)CCc3cccs3)CC2)o1. The van der Waals surface area contributed by atoms with Crippen LogP contribution in [0.25, 0.3) is 0 Å². The number of aromatic nitrogens is 2. The number of piperazine rings is 1. The van der Waals surface area contributed by atoms with Gasteiger partial charge in [-0.3, -0.25) is 9.59 Å². The summed E-state index contributed by atoms with van der Waals surface area (Å²) in [5, 5.41) is 9.43. The molecule has 0 aromatic carbocycles. The third-order valence-corrected chi connectivity index (χ3v) is 4.73. The van der Waals surface area contributed by atoms with Crippen molar-refractivity contribution in [1.82, 2.24) is 20.0 Å². The van der Waals surface area contributed by atoms with Crippen LogP contribution in [0.4, 0.5) is 0 Å². The molecule has 2 aromatic heterocycles. The molecule has 23 heavy (non-hydrogen) atoms. The van der Waals surface area contributed by atoms with Crippen LogP contribution in [0.1, 0.15) is 27.9 Å². The maximum Gasteiger partial charge on any atom is 0.311 e. The molecule has 0 N–H and O–H groups in total. The molecule has 2 amide bonds. The van der Waals surface area contributed by atoms with Gasteiger partial charge in [-0.15, -0.1) is 21.5 Å². The Labute approximate surface area is 137 Å². The van der Waals surface area contributed by atoms with Crippen LogP contribution in [0.5, 0.6) is 0 Å². The molecule has 0 atom stereocenters. The Kier molecular flexibility index (Phi) is 4.71. The molecule has 7 nitrogen and oxygen atoms in total. The van der Waals surface area contributed by atoms with E-state index in [4.69, 9.17) is 4.42 Å². The van der Waals surface area contributed by atoms with Crippen molar-refractivity contribution in [2.75, 3.05) is 26.2 Å². The summed E-state index contributed by atoms with van der Waals surface area (Å²) in [7, 11) is 0. The van der Waals surface area contributed by atoms with Gasteiger partial charge in [0.05, 0.1) is 0 Å². The molecule has 1 aliphatic heterocycles. The van der Waals surface area contributed by atoms with E-state index in [2.05, 4.69) is 10.2 Å². The number of carbonyl (C=O) groups is 2. The van der Waals surface area contributed by atoms with E-state index in [-0.39, 0.29) is 17.7 Å². The van der Waals surface area contributed by atoms with E-state index in [1.54, 1.807) is 23.2 Å². The molecule has 3 rings (SSSR count). The van der Waals surface area contributed by atoms with Crippen molar-refractivity contribution in [3.63, 3.8) is 0 Å². The smallest absolute Gasteiger partial charge is 0.311 e. The average molecular weight is 334 g/mol. The Bertz CT molecular complexity index is 675. The third-order valence-electron chi connectivity index (χ3n) is 3.79. The summed E-state index contributed by atoms with van der Waals surface area (Å²) in [5.74, 6) is 0.256. The minimum atomic E-state index is -0.267. The van der Waals surface area contributed by atoms with Crippen molar-refractivity contribution in [1.29, 1.82) is 0 Å². The Morgan fingerprint density at radius 2 is 1.96 bits per heavy atom. The molecule has 3 heterocycles. The number of carbonyl (C=O) groups excluding carboxylic acids is 2. The molecular weight excluding hydrogens is 316 g/mol. The van der Waals surface area contributed by atoms with Crippen LogP contribution in [-0.2, 0) is 11.2 Å². The molecular formula is C15H18N4O3S. The first-order valence-electron chi connectivity index (χ1n) is 7.53. The van der Waals surface area contributed by atoms with Gasteiger partial charge in [0.2, 0.25) is 11.8 Å². The zero-order valence-corrected chi connectivity index (χ0v) is 13.7. The van der Waals surface area contributed by atoms with E-state index in [1.165, 1.54) is 4.88 Å². The summed E-state index contributed by atoms with van der Waals surface area (Å²) in [6.45, 7) is 3.72. The third kappa shape index (κ3) is 3.76. The molecule has 2 aromatic rings. The highest BCUT2D eigenvalue weighted by atomic mass is 32.1. The summed E-state index contributed by atoms with van der Waals surface area (Å²) < 4.78 is 5.16. The minimum absolute atomic E-state index is 0.0139. The van der Waals surface area contributed by atoms with E-state index >= 15 is 0 Å². The molecule has 1 fully saturated rings. The second-order valence-electron chi connectivity index (χ2n) is 5.38. The Hall–Kier alpha value is -2.22. The van der Waals surface area contributed by atoms with Crippen molar-refractivity contribution in [3.05, 3.63) is 34.2 Å². The first-order chi connectivity index (χ1) is 11.1. The molecule has 0 spiro atoms. The van der Waals surface area contributed by atoms with Crippen LogP contribution in [0.3, 0.4) is 0 Å². The molecule has 1 aliphatic rings. The lowest BCUT2D eigenvalue weighted by atomic mass is 10.2. The number of nitrogens with zero attached hydrogens (tertiary/aromatic N) is 4. The van der Waals surface area contributed by atoms with Crippen molar-refractivity contribution in [2.45, 2.75) is 19.8 Å². The van der Waals surface area contributed by atoms with Gasteiger partial charge in [-0.25, -0.2) is 0 Å². The van der Waals surface area contributed by atoms with Crippen LogP contribution in [0.15, 0.2) is 21.9 Å². The fourth-order valence-electron chi connectivity index (χ4n) is 2.52. The lowest BCUT2D eigenvalue weighted by molar-refractivity contribution is -0.132. The predicted molar refractivity (Wildman–Crippen MR) is 84.2 cm³/mol. The molecule has 0 unspecified atom stereocenters. The number of hydrogen-bond donors (Lipinski definition) is 0. The Morgan fingerprint density at radius 3 is 2.57 bits per heavy atom. The summed E-state index contributed by atoms with van der Waals surface area (Å²) in [4.78, 5) is 29.1. The molecule has 122 valence electrons. The number of thiophene rings is 1. The first kappa shape index (κ1) is 15.7. The lowest BCUT2D eigenvalue weighted by Gasteiger charge is -2.34. The topological polar surface area (TPSA) is 79.5 Å². The number of aryl methyl sites for hydroxylation is 2. The minimum Gasteiger partial charge on any atom is -0.417 e. The fraction of sp³-hybridized carbons (Fsp3) is 0.467. The molecule has 1 saturated heterocycles. The van der Waals surface area contributed by atoms with E-state index in [9.17, 15) is 9.59 Å². The summed E-state index contributed by atoms with van der Waals surface area (Å²) in [6, 6.07) is 4.04. The maximum absolute atomic E-state index is 12.2.